The molecule has 0 radical (unpaired) electrons. The number of nitrogens with zero attached hydrogens (tertiary/aromatic N) is 1. The van der Waals surface area contributed by atoms with Crippen LogP contribution >= 0.6 is 11.3 Å². The van der Waals surface area contributed by atoms with Crippen LogP contribution in [0, 0.1) is 6.92 Å². The standard InChI is InChI=1S/C28H28N4S/c1-6-19(15-20(29)7-2)17(4)14-23-24(8-3)31-32-28(23)26-16-22-21(10-9-11-25(22)30-26)27-13-12-18(5)33-27/h6-16,30-31H,2,4,29H2,1,3,5H3/b19-6+,20-15+,23-14+,24-8+. The number of benzene rings is 1. The summed E-state index contributed by atoms with van der Waals surface area (Å²) in [6, 6.07) is 12.9. The molecule has 0 aliphatic carbocycles. The molecular weight excluding hydrogens is 424 g/mol. The average Bonchev–Trinajstić information content (AvgIpc) is 3.54. The highest BCUT2D eigenvalue weighted by Gasteiger charge is 2.13. The Morgan fingerprint density at radius 1 is 1.18 bits per heavy atom. The van der Waals surface area contributed by atoms with E-state index in [1.165, 1.54) is 20.7 Å². The normalized spacial score (nSPS) is 13.8. The Bertz CT molecular complexity index is 1540. The van der Waals surface area contributed by atoms with Gasteiger partial charge in [0.1, 0.15) is 5.69 Å². The highest BCUT2D eigenvalue weighted by atomic mass is 32.1. The molecule has 0 unspecified atom stereocenters. The number of fused-ring (bicyclic) bond motifs is 1. The molecule has 3 heterocycles. The highest BCUT2D eigenvalue weighted by Crippen LogP contribution is 2.35. The number of aryl methyl sites for hydroxylation is 1. The summed E-state index contributed by atoms with van der Waals surface area (Å²) in [6.45, 7) is 14.1. The van der Waals surface area contributed by atoms with Crippen LogP contribution < -0.4 is 16.3 Å². The van der Waals surface area contributed by atoms with Gasteiger partial charge in [-0.05, 0) is 74.4 Å². The monoisotopic (exact) mass is 452 g/mol. The Morgan fingerprint density at radius 2 is 2.00 bits per heavy atom. The number of aromatic amines is 2. The zero-order valence-electron chi connectivity index (χ0n) is 19.2. The van der Waals surface area contributed by atoms with Crippen LogP contribution in [-0.2, 0) is 0 Å². The van der Waals surface area contributed by atoms with Crippen LogP contribution in [0.5, 0.6) is 0 Å². The summed E-state index contributed by atoms with van der Waals surface area (Å²) in [4.78, 5) is 6.13. The van der Waals surface area contributed by atoms with Crippen LogP contribution in [0.3, 0.4) is 0 Å². The first-order chi connectivity index (χ1) is 15.9. The fourth-order valence-electron chi connectivity index (χ4n) is 3.87. The number of allylic oxidation sites excluding steroid dienone is 5. The summed E-state index contributed by atoms with van der Waals surface area (Å²) in [6.07, 6.45) is 9.55. The van der Waals surface area contributed by atoms with Crippen molar-refractivity contribution in [3.05, 3.63) is 100 Å². The molecule has 4 nitrogen and oxygen atoms in total. The molecule has 1 aromatic carbocycles. The van der Waals surface area contributed by atoms with E-state index >= 15 is 0 Å². The maximum Gasteiger partial charge on any atom is 0.116 e. The molecule has 3 aromatic heterocycles. The fraction of sp³-hybridized carbons (Fsp3) is 0.107. The molecule has 0 bridgehead atoms. The zero-order chi connectivity index (χ0) is 23.5. The molecule has 0 aliphatic heterocycles. The van der Waals surface area contributed by atoms with Gasteiger partial charge in [0.05, 0.1) is 11.0 Å². The van der Waals surface area contributed by atoms with Gasteiger partial charge in [0.15, 0.2) is 0 Å². The largest absolute Gasteiger partial charge is 0.399 e. The third kappa shape index (κ3) is 4.41. The Kier molecular flexibility index (Phi) is 6.33. The number of nitrogens with one attached hydrogen (secondary N) is 2. The molecule has 0 aliphatic rings. The van der Waals surface area contributed by atoms with Gasteiger partial charge in [-0.2, -0.15) is 5.10 Å². The molecule has 0 spiro atoms. The Balaban J connectivity index is 1.87. The summed E-state index contributed by atoms with van der Waals surface area (Å²) in [7, 11) is 0. The summed E-state index contributed by atoms with van der Waals surface area (Å²) < 4.78 is 0. The van der Waals surface area contributed by atoms with Crippen molar-refractivity contribution in [1.82, 2.24) is 15.2 Å². The van der Waals surface area contributed by atoms with Crippen molar-refractivity contribution >= 4 is 34.4 Å². The zero-order valence-corrected chi connectivity index (χ0v) is 20.0. The molecule has 5 heteroatoms. The molecule has 0 saturated heterocycles. The Labute approximate surface area is 197 Å². The second kappa shape index (κ2) is 9.35. The molecule has 0 saturated carbocycles. The maximum atomic E-state index is 5.96. The first-order valence-corrected chi connectivity index (χ1v) is 11.6. The van der Waals surface area contributed by atoms with Gasteiger partial charge >= 0.3 is 0 Å². The van der Waals surface area contributed by atoms with E-state index in [1.807, 2.05) is 38.2 Å². The van der Waals surface area contributed by atoms with Crippen LogP contribution in [0.25, 0.3) is 44.9 Å². The molecule has 4 N–H and O–H groups in total. The summed E-state index contributed by atoms with van der Waals surface area (Å²) in [5, 5.41) is 10.9. The van der Waals surface area contributed by atoms with E-state index in [4.69, 9.17) is 5.73 Å². The number of hydrogen-bond donors (Lipinski definition) is 3. The molecule has 0 atom stereocenters. The van der Waals surface area contributed by atoms with E-state index < -0.39 is 0 Å². The minimum atomic E-state index is 0.597. The van der Waals surface area contributed by atoms with Crippen molar-refractivity contribution in [2.45, 2.75) is 20.8 Å². The minimum Gasteiger partial charge on any atom is -0.399 e. The minimum absolute atomic E-state index is 0.597. The quantitative estimate of drug-likeness (QED) is 0.328. The molecular formula is C28H28N4S. The number of rotatable bonds is 6. The second-order valence-electron chi connectivity index (χ2n) is 7.81. The summed E-state index contributed by atoms with van der Waals surface area (Å²) >= 11 is 1.80. The van der Waals surface area contributed by atoms with Gasteiger partial charge in [-0.25, -0.2) is 0 Å². The van der Waals surface area contributed by atoms with Crippen molar-refractivity contribution in [3.63, 3.8) is 0 Å². The van der Waals surface area contributed by atoms with Crippen LogP contribution in [-0.4, -0.2) is 15.2 Å². The first kappa shape index (κ1) is 22.4. The SMILES string of the molecule is C=C/C(N)=C\C(=C/C)C(=C)/C=c1/c(-c2cc3c(-c4ccc(C)s4)cccc3[nH]2)n[nH]/c1=C/C. The van der Waals surface area contributed by atoms with Gasteiger partial charge < -0.3 is 10.7 Å². The van der Waals surface area contributed by atoms with Gasteiger partial charge in [0, 0.05) is 37.1 Å². The average molecular weight is 453 g/mol. The third-order valence-corrected chi connectivity index (χ3v) is 6.64. The van der Waals surface area contributed by atoms with Crippen LogP contribution in [0.15, 0.2) is 84.6 Å². The van der Waals surface area contributed by atoms with Crippen LogP contribution in [0.4, 0.5) is 0 Å². The van der Waals surface area contributed by atoms with E-state index in [9.17, 15) is 0 Å². The predicted octanol–water partition coefficient (Wildman–Crippen LogP) is 5.71. The lowest BCUT2D eigenvalue weighted by molar-refractivity contribution is 1.06. The molecule has 4 aromatic rings. The molecule has 0 amide bonds. The Hall–Kier alpha value is -3.83. The smallest absolute Gasteiger partial charge is 0.116 e. The highest BCUT2D eigenvalue weighted by molar-refractivity contribution is 7.15. The first-order valence-electron chi connectivity index (χ1n) is 10.8. The van der Waals surface area contributed by atoms with Gasteiger partial charge in [-0.1, -0.05) is 37.4 Å². The lowest BCUT2D eigenvalue weighted by Gasteiger charge is -2.02. The van der Waals surface area contributed by atoms with Crippen molar-refractivity contribution in [1.29, 1.82) is 0 Å². The van der Waals surface area contributed by atoms with Gasteiger partial charge in [-0.15, -0.1) is 11.3 Å². The number of H-pyrrole nitrogens is 2. The maximum absolute atomic E-state index is 5.96. The van der Waals surface area contributed by atoms with E-state index in [1.54, 1.807) is 17.4 Å². The topological polar surface area (TPSA) is 70.5 Å². The second-order valence-corrected chi connectivity index (χ2v) is 9.10. The van der Waals surface area contributed by atoms with Crippen molar-refractivity contribution in [3.8, 4) is 21.8 Å². The molecule has 33 heavy (non-hydrogen) atoms. The summed E-state index contributed by atoms with van der Waals surface area (Å²) in [5.41, 5.74) is 12.5. The Morgan fingerprint density at radius 3 is 2.67 bits per heavy atom. The van der Waals surface area contributed by atoms with Crippen molar-refractivity contribution in [2.75, 3.05) is 0 Å². The molecule has 166 valence electrons. The van der Waals surface area contributed by atoms with E-state index in [0.717, 1.165) is 38.6 Å². The number of nitrogens with two attached hydrogens (primary N) is 1. The molecule has 0 fully saturated rings. The van der Waals surface area contributed by atoms with Crippen molar-refractivity contribution < 1.29 is 0 Å². The fourth-order valence-corrected chi connectivity index (χ4v) is 4.78. The lowest BCUT2D eigenvalue weighted by Crippen LogP contribution is -2.23. The van der Waals surface area contributed by atoms with E-state index in [-0.39, 0.29) is 0 Å². The van der Waals surface area contributed by atoms with Crippen molar-refractivity contribution in [2.24, 2.45) is 5.73 Å². The number of hydrogen-bond acceptors (Lipinski definition) is 3. The lowest BCUT2D eigenvalue weighted by atomic mass is 10.0. The number of aromatic nitrogens is 3. The van der Waals surface area contributed by atoms with Crippen LogP contribution in [0.1, 0.15) is 18.7 Å². The van der Waals surface area contributed by atoms with E-state index in [0.29, 0.717) is 5.70 Å². The number of thiophene rings is 1. The van der Waals surface area contributed by atoms with Gasteiger partial charge in [-0.3, -0.25) is 5.10 Å². The molecule has 4 rings (SSSR count). The van der Waals surface area contributed by atoms with Gasteiger partial charge in [0.2, 0.25) is 0 Å². The van der Waals surface area contributed by atoms with Gasteiger partial charge in [0.25, 0.3) is 0 Å². The predicted molar refractivity (Wildman–Crippen MR) is 143 cm³/mol. The van der Waals surface area contributed by atoms with Crippen LogP contribution in [0.2, 0.25) is 0 Å². The third-order valence-electron chi connectivity index (χ3n) is 5.61. The van der Waals surface area contributed by atoms with E-state index in [2.05, 4.69) is 71.7 Å². The summed E-state index contributed by atoms with van der Waals surface area (Å²) in [5.74, 6) is 0.